The third-order valence-corrected chi connectivity index (χ3v) is 12.8. The number of hydrogen-bond acceptors (Lipinski definition) is 6. The van der Waals surface area contributed by atoms with E-state index in [1.807, 2.05) is 0 Å². The minimum Gasteiger partial charge on any atom is -0.462 e. The van der Waals surface area contributed by atoms with Crippen molar-refractivity contribution in [2.24, 2.45) is 0 Å². The van der Waals surface area contributed by atoms with Crippen LogP contribution in [-0.2, 0) is 28.6 Å². The molecule has 0 saturated carbocycles. The molecule has 1 atom stereocenters. The van der Waals surface area contributed by atoms with Gasteiger partial charge in [-0.1, -0.05) is 240 Å². The van der Waals surface area contributed by atoms with Gasteiger partial charge in [0.05, 0.1) is 0 Å². The lowest BCUT2D eigenvalue weighted by molar-refractivity contribution is -0.167. The van der Waals surface area contributed by atoms with Crippen LogP contribution in [0.25, 0.3) is 0 Å². The molecule has 6 nitrogen and oxygen atoms in total. The van der Waals surface area contributed by atoms with Crippen molar-refractivity contribution in [2.45, 2.75) is 290 Å². The first-order valence-electron chi connectivity index (χ1n) is 30.2. The van der Waals surface area contributed by atoms with E-state index in [1.54, 1.807) is 0 Å². The normalized spacial score (nSPS) is 12.8. The molecule has 0 radical (unpaired) electrons. The molecule has 6 heteroatoms. The molecular formula is C66H112O6. The minimum absolute atomic E-state index is 0.0898. The first-order chi connectivity index (χ1) is 35.5. The van der Waals surface area contributed by atoms with Gasteiger partial charge in [0.1, 0.15) is 13.2 Å². The van der Waals surface area contributed by atoms with Crippen LogP contribution in [0.3, 0.4) is 0 Å². The monoisotopic (exact) mass is 1000 g/mol. The second-order valence-electron chi connectivity index (χ2n) is 19.9. The highest BCUT2D eigenvalue weighted by Crippen LogP contribution is 2.15. The van der Waals surface area contributed by atoms with Gasteiger partial charge in [0, 0.05) is 19.3 Å². The zero-order valence-corrected chi connectivity index (χ0v) is 47.2. The van der Waals surface area contributed by atoms with E-state index in [-0.39, 0.29) is 31.1 Å². The fourth-order valence-corrected chi connectivity index (χ4v) is 8.26. The topological polar surface area (TPSA) is 78.9 Å². The van der Waals surface area contributed by atoms with E-state index in [1.165, 1.54) is 116 Å². The molecule has 0 saturated heterocycles. The first-order valence-corrected chi connectivity index (χ1v) is 30.2. The standard InChI is InChI=1S/C66H112O6/c1-4-7-10-13-16-19-22-25-28-31-32-33-34-36-38-41-44-47-50-53-56-59-65(68)71-62-63(61-70-64(67)58-55-52-49-46-43-40-37-30-27-24-21-18-15-12-9-6-3)72-66(69)60-57-54-51-48-45-42-39-35-29-26-23-20-17-14-11-8-5-2/h7,10,16-17,19-21,24-26,28-30,32-33,37,63H,4-6,8-9,11-15,18,22-23,27,31,34-36,38-62H2,1-3H3/b10-7-,19-16-,20-17-,24-21-,28-25-,29-26-,33-32-,37-30-. The number of carbonyl (C=O) groups excluding carboxylic acids is 3. The second-order valence-corrected chi connectivity index (χ2v) is 19.9. The van der Waals surface area contributed by atoms with Crippen molar-refractivity contribution in [2.75, 3.05) is 13.2 Å². The summed E-state index contributed by atoms with van der Waals surface area (Å²) in [5.41, 5.74) is 0. The lowest BCUT2D eigenvalue weighted by Gasteiger charge is -2.18. The van der Waals surface area contributed by atoms with Gasteiger partial charge in [-0.05, 0) is 122 Å². The average Bonchev–Trinajstić information content (AvgIpc) is 3.38. The van der Waals surface area contributed by atoms with Crippen molar-refractivity contribution in [3.05, 3.63) is 97.2 Å². The molecule has 1 unspecified atom stereocenters. The predicted octanol–water partition coefficient (Wildman–Crippen LogP) is 20.5. The number of rotatable bonds is 54. The minimum atomic E-state index is -0.793. The molecule has 0 N–H and O–H groups in total. The molecule has 0 amide bonds. The Labute approximate surface area is 445 Å². The van der Waals surface area contributed by atoms with Gasteiger partial charge in [-0.15, -0.1) is 0 Å². The highest BCUT2D eigenvalue weighted by Gasteiger charge is 2.19. The van der Waals surface area contributed by atoms with Gasteiger partial charge in [0.2, 0.25) is 0 Å². The zero-order chi connectivity index (χ0) is 52.2. The molecule has 0 rings (SSSR count). The molecular weight excluding hydrogens is 889 g/mol. The van der Waals surface area contributed by atoms with Crippen LogP contribution in [0.15, 0.2) is 97.2 Å². The molecule has 412 valence electrons. The zero-order valence-electron chi connectivity index (χ0n) is 47.2. The van der Waals surface area contributed by atoms with Gasteiger partial charge in [0.25, 0.3) is 0 Å². The molecule has 0 aliphatic heterocycles. The van der Waals surface area contributed by atoms with Gasteiger partial charge in [-0.3, -0.25) is 14.4 Å². The Bertz CT molecular complexity index is 1430. The Kier molecular flexibility index (Phi) is 56.8. The summed E-state index contributed by atoms with van der Waals surface area (Å²) in [5, 5.41) is 0. The lowest BCUT2D eigenvalue weighted by atomic mass is 10.1. The van der Waals surface area contributed by atoms with Crippen LogP contribution in [0.2, 0.25) is 0 Å². The number of ether oxygens (including phenoxy) is 3. The number of esters is 3. The van der Waals surface area contributed by atoms with Crippen LogP contribution in [0, 0.1) is 0 Å². The Morgan fingerprint density at radius 2 is 0.542 bits per heavy atom. The van der Waals surface area contributed by atoms with Crippen LogP contribution in [-0.4, -0.2) is 37.2 Å². The Morgan fingerprint density at radius 3 is 0.875 bits per heavy atom. The van der Waals surface area contributed by atoms with E-state index >= 15 is 0 Å². The average molecular weight is 1000 g/mol. The van der Waals surface area contributed by atoms with E-state index in [0.29, 0.717) is 19.3 Å². The third kappa shape index (κ3) is 57.2. The summed E-state index contributed by atoms with van der Waals surface area (Å²) in [5.74, 6) is -0.912. The van der Waals surface area contributed by atoms with Gasteiger partial charge in [0.15, 0.2) is 6.10 Å². The maximum absolute atomic E-state index is 12.9. The largest absolute Gasteiger partial charge is 0.462 e. The number of hydrogen-bond donors (Lipinski definition) is 0. The molecule has 0 heterocycles. The van der Waals surface area contributed by atoms with Crippen molar-refractivity contribution in [3.63, 3.8) is 0 Å². The van der Waals surface area contributed by atoms with Gasteiger partial charge >= 0.3 is 17.9 Å². The maximum Gasteiger partial charge on any atom is 0.306 e. The first kappa shape index (κ1) is 68.3. The summed E-state index contributed by atoms with van der Waals surface area (Å²) < 4.78 is 16.9. The fourth-order valence-electron chi connectivity index (χ4n) is 8.26. The van der Waals surface area contributed by atoms with Crippen LogP contribution < -0.4 is 0 Å². The molecule has 0 aliphatic carbocycles. The Balaban J connectivity index is 4.42. The summed E-state index contributed by atoms with van der Waals surface area (Å²) in [4.78, 5) is 38.3. The third-order valence-electron chi connectivity index (χ3n) is 12.8. The number of allylic oxidation sites excluding steroid dienone is 16. The summed E-state index contributed by atoms with van der Waals surface area (Å²) >= 11 is 0. The number of carbonyl (C=O) groups is 3. The molecule has 0 fully saturated rings. The SMILES string of the molecule is CC/C=C\C/C=C\C/C=C\C/C=C\CCCCCCCCCCC(=O)OCC(COC(=O)CCCCCCC/C=C\C/C=C\CCCCCC)OC(=O)CCCCCCCCC/C=C\C/C=C\CCCCC. The van der Waals surface area contributed by atoms with E-state index in [0.717, 1.165) is 128 Å². The lowest BCUT2D eigenvalue weighted by Crippen LogP contribution is -2.30. The fraction of sp³-hybridized carbons (Fsp3) is 0.712. The molecule has 0 aromatic heterocycles. The van der Waals surface area contributed by atoms with Gasteiger partial charge < -0.3 is 14.2 Å². The molecule has 0 aromatic carbocycles. The summed E-state index contributed by atoms with van der Waals surface area (Å²) in [6.45, 7) is 6.48. The van der Waals surface area contributed by atoms with Crippen molar-refractivity contribution >= 4 is 17.9 Å². The highest BCUT2D eigenvalue weighted by atomic mass is 16.6. The van der Waals surface area contributed by atoms with Gasteiger partial charge in [-0.25, -0.2) is 0 Å². The van der Waals surface area contributed by atoms with Crippen molar-refractivity contribution < 1.29 is 28.6 Å². The van der Waals surface area contributed by atoms with Crippen molar-refractivity contribution in [3.8, 4) is 0 Å². The summed E-state index contributed by atoms with van der Waals surface area (Å²) in [7, 11) is 0. The maximum atomic E-state index is 12.9. The highest BCUT2D eigenvalue weighted by molar-refractivity contribution is 5.71. The van der Waals surface area contributed by atoms with E-state index in [2.05, 4.69) is 118 Å². The van der Waals surface area contributed by atoms with Crippen LogP contribution in [0.4, 0.5) is 0 Å². The number of unbranched alkanes of at least 4 members (excludes halogenated alkanes) is 27. The molecule has 0 aromatic rings. The van der Waals surface area contributed by atoms with Crippen LogP contribution in [0.1, 0.15) is 284 Å². The van der Waals surface area contributed by atoms with E-state index < -0.39 is 6.10 Å². The molecule has 0 aliphatic rings. The second kappa shape index (κ2) is 59.9. The predicted molar refractivity (Wildman–Crippen MR) is 311 cm³/mol. The summed E-state index contributed by atoms with van der Waals surface area (Å²) in [6.07, 6.45) is 79.6. The van der Waals surface area contributed by atoms with E-state index in [4.69, 9.17) is 14.2 Å². The van der Waals surface area contributed by atoms with E-state index in [9.17, 15) is 14.4 Å². The van der Waals surface area contributed by atoms with Crippen molar-refractivity contribution in [1.82, 2.24) is 0 Å². The molecule has 0 spiro atoms. The smallest absolute Gasteiger partial charge is 0.306 e. The Morgan fingerprint density at radius 1 is 0.292 bits per heavy atom. The van der Waals surface area contributed by atoms with Crippen LogP contribution >= 0.6 is 0 Å². The van der Waals surface area contributed by atoms with Gasteiger partial charge in [-0.2, -0.15) is 0 Å². The van der Waals surface area contributed by atoms with Crippen molar-refractivity contribution in [1.29, 1.82) is 0 Å². The quantitative estimate of drug-likeness (QED) is 0.0261. The molecule has 0 bridgehead atoms. The molecule has 72 heavy (non-hydrogen) atoms. The summed E-state index contributed by atoms with van der Waals surface area (Å²) in [6, 6.07) is 0. The van der Waals surface area contributed by atoms with Crippen LogP contribution in [0.5, 0.6) is 0 Å². The Hall–Kier alpha value is -3.67.